The maximum absolute atomic E-state index is 11.2. The number of phenolic OH excluding ortho intramolecular Hbond substituents is 2. The lowest BCUT2D eigenvalue weighted by atomic mass is 10.1. The van der Waals surface area contributed by atoms with Gasteiger partial charge in [-0.1, -0.05) is 6.07 Å². The van der Waals surface area contributed by atoms with Crippen LogP contribution in [-0.4, -0.2) is 46.4 Å². The number of nitrogens with zero attached hydrogens (tertiary/aromatic N) is 1. The highest BCUT2D eigenvalue weighted by molar-refractivity contribution is 5.75. The third-order valence-electron chi connectivity index (χ3n) is 3.10. The standard InChI is InChI=1S/C14H22N4O4/c15-14(16)18-6-1-2-11(13(21)22)17-7-5-9-3-4-10(19)8-12(9)20/h3-4,8,11,17,19-20H,1-2,5-7H2,(H,21,22)(H4,15,16,18)/t11-/m0/s1. The van der Waals surface area contributed by atoms with Crippen LogP contribution in [0.1, 0.15) is 18.4 Å². The smallest absolute Gasteiger partial charge is 0.320 e. The highest BCUT2D eigenvalue weighted by atomic mass is 16.4. The van der Waals surface area contributed by atoms with E-state index in [1.165, 1.54) is 12.1 Å². The minimum absolute atomic E-state index is 0.0114. The number of carboxylic acid groups (broad SMARTS) is 1. The zero-order chi connectivity index (χ0) is 16.5. The van der Waals surface area contributed by atoms with Crippen LogP contribution in [0.3, 0.4) is 0 Å². The number of guanidine groups is 1. The molecule has 0 unspecified atom stereocenters. The molecule has 0 aromatic heterocycles. The van der Waals surface area contributed by atoms with Gasteiger partial charge in [0, 0.05) is 19.2 Å². The summed E-state index contributed by atoms with van der Waals surface area (Å²) in [5, 5.41) is 30.9. The second-order valence-corrected chi connectivity index (χ2v) is 4.86. The van der Waals surface area contributed by atoms with Crippen LogP contribution < -0.4 is 16.8 Å². The number of nitrogens with one attached hydrogen (secondary N) is 1. The number of rotatable bonds is 9. The second kappa shape index (κ2) is 8.73. The lowest BCUT2D eigenvalue weighted by Crippen LogP contribution is -2.38. The van der Waals surface area contributed by atoms with E-state index in [9.17, 15) is 15.0 Å². The van der Waals surface area contributed by atoms with E-state index in [0.29, 0.717) is 37.9 Å². The topological polar surface area (TPSA) is 154 Å². The Bertz CT molecular complexity index is 530. The minimum Gasteiger partial charge on any atom is -0.508 e. The van der Waals surface area contributed by atoms with Crippen LogP contribution in [0.2, 0.25) is 0 Å². The van der Waals surface area contributed by atoms with Gasteiger partial charge in [0.25, 0.3) is 0 Å². The number of benzene rings is 1. The Morgan fingerprint density at radius 2 is 2.05 bits per heavy atom. The summed E-state index contributed by atoms with van der Waals surface area (Å²) in [5.74, 6) is -0.985. The quantitative estimate of drug-likeness (QED) is 0.208. The van der Waals surface area contributed by atoms with Crippen LogP contribution in [0.25, 0.3) is 0 Å². The van der Waals surface area contributed by atoms with Gasteiger partial charge in [-0.15, -0.1) is 0 Å². The third kappa shape index (κ3) is 6.31. The van der Waals surface area contributed by atoms with Crippen LogP contribution in [0.15, 0.2) is 23.2 Å². The van der Waals surface area contributed by atoms with Crippen molar-refractivity contribution in [3.63, 3.8) is 0 Å². The van der Waals surface area contributed by atoms with Crippen LogP contribution in [0.4, 0.5) is 0 Å². The summed E-state index contributed by atoms with van der Waals surface area (Å²) in [5.41, 5.74) is 11.0. The second-order valence-electron chi connectivity index (χ2n) is 4.86. The first kappa shape index (κ1) is 17.6. The molecule has 0 saturated carbocycles. The monoisotopic (exact) mass is 310 g/mol. The molecule has 0 amide bonds. The molecule has 0 bridgehead atoms. The molecule has 0 spiro atoms. The van der Waals surface area contributed by atoms with Gasteiger partial charge in [0.2, 0.25) is 0 Å². The molecular weight excluding hydrogens is 288 g/mol. The number of phenols is 2. The third-order valence-corrected chi connectivity index (χ3v) is 3.10. The van der Waals surface area contributed by atoms with Crippen molar-refractivity contribution < 1.29 is 20.1 Å². The Balaban J connectivity index is 2.41. The molecule has 1 atom stereocenters. The van der Waals surface area contributed by atoms with Crippen LogP contribution in [0, 0.1) is 0 Å². The van der Waals surface area contributed by atoms with E-state index in [-0.39, 0.29) is 17.5 Å². The molecule has 0 aliphatic heterocycles. The maximum Gasteiger partial charge on any atom is 0.320 e. The van der Waals surface area contributed by atoms with Crippen LogP contribution in [0.5, 0.6) is 11.5 Å². The fraction of sp³-hybridized carbons (Fsp3) is 0.429. The molecule has 0 heterocycles. The predicted octanol–water partition coefficient (Wildman–Crippen LogP) is -0.263. The van der Waals surface area contributed by atoms with Crippen molar-refractivity contribution in [3.05, 3.63) is 23.8 Å². The molecule has 22 heavy (non-hydrogen) atoms. The van der Waals surface area contributed by atoms with Crippen molar-refractivity contribution in [2.24, 2.45) is 16.5 Å². The summed E-state index contributed by atoms with van der Waals surface area (Å²) in [4.78, 5) is 14.9. The SMILES string of the molecule is NC(N)=NCCC[C@H](NCCc1ccc(O)cc1O)C(=O)O. The predicted molar refractivity (Wildman–Crippen MR) is 82.8 cm³/mol. The molecule has 1 rings (SSSR count). The molecule has 1 aromatic rings. The molecule has 8 nitrogen and oxygen atoms in total. The van der Waals surface area contributed by atoms with E-state index in [1.54, 1.807) is 6.07 Å². The summed E-state index contributed by atoms with van der Waals surface area (Å²) in [7, 11) is 0. The van der Waals surface area contributed by atoms with Gasteiger partial charge in [-0.25, -0.2) is 0 Å². The number of aliphatic carboxylic acids is 1. The van der Waals surface area contributed by atoms with Gasteiger partial charge >= 0.3 is 5.97 Å². The van der Waals surface area contributed by atoms with E-state index < -0.39 is 12.0 Å². The molecular formula is C14H22N4O4. The van der Waals surface area contributed by atoms with Gasteiger partial charge in [-0.05, 0) is 30.9 Å². The van der Waals surface area contributed by atoms with Gasteiger partial charge in [0.1, 0.15) is 17.5 Å². The largest absolute Gasteiger partial charge is 0.508 e. The van der Waals surface area contributed by atoms with E-state index in [4.69, 9.17) is 16.6 Å². The lowest BCUT2D eigenvalue weighted by Gasteiger charge is -2.14. The number of nitrogens with two attached hydrogens (primary N) is 2. The van der Waals surface area contributed by atoms with Crippen molar-refractivity contribution >= 4 is 11.9 Å². The zero-order valence-corrected chi connectivity index (χ0v) is 12.2. The summed E-state index contributed by atoms with van der Waals surface area (Å²) >= 11 is 0. The van der Waals surface area contributed by atoms with E-state index in [1.807, 2.05) is 0 Å². The fourth-order valence-corrected chi connectivity index (χ4v) is 1.96. The van der Waals surface area contributed by atoms with E-state index >= 15 is 0 Å². The lowest BCUT2D eigenvalue weighted by molar-refractivity contribution is -0.139. The first-order valence-corrected chi connectivity index (χ1v) is 6.92. The molecule has 0 saturated heterocycles. The number of aromatic hydroxyl groups is 2. The van der Waals surface area contributed by atoms with Crippen molar-refractivity contribution in [3.8, 4) is 11.5 Å². The van der Waals surface area contributed by atoms with E-state index in [2.05, 4.69) is 10.3 Å². The number of hydrogen-bond donors (Lipinski definition) is 6. The average Bonchev–Trinajstić information content (AvgIpc) is 2.42. The minimum atomic E-state index is -0.945. The molecule has 8 N–H and O–H groups in total. The van der Waals surface area contributed by atoms with Crippen molar-refractivity contribution in [2.45, 2.75) is 25.3 Å². The first-order valence-electron chi connectivity index (χ1n) is 6.92. The Kier molecular flexibility index (Phi) is 6.97. The highest BCUT2D eigenvalue weighted by Crippen LogP contribution is 2.22. The fourth-order valence-electron chi connectivity index (χ4n) is 1.96. The normalized spacial score (nSPS) is 11.8. The van der Waals surface area contributed by atoms with Crippen LogP contribution >= 0.6 is 0 Å². The summed E-state index contributed by atoms with van der Waals surface area (Å²) in [6.07, 6.45) is 1.39. The van der Waals surface area contributed by atoms with Gasteiger partial charge in [-0.2, -0.15) is 0 Å². The van der Waals surface area contributed by atoms with Crippen molar-refractivity contribution in [1.82, 2.24) is 5.32 Å². The van der Waals surface area contributed by atoms with Gasteiger partial charge in [-0.3, -0.25) is 9.79 Å². The van der Waals surface area contributed by atoms with Gasteiger partial charge < -0.3 is 32.1 Å². The number of carbonyl (C=O) groups is 1. The Morgan fingerprint density at radius 3 is 2.64 bits per heavy atom. The first-order chi connectivity index (χ1) is 10.4. The number of hydrogen-bond acceptors (Lipinski definition) is 5. The summed E-state index contributed by atoms with van der Waals surface area (Å²) < 4.78 is 0. The van der Waals surface area contributed by atoms with Crippen LogP contribution in [-0.2, 0) is 11.2 Å². The maximum atomic E-state index is 11.2. The van der Waals surface area contributed by atoms with Gasteiger partial charge in [0.15, 0.2) is 5.96 Å². The highest BCUT2D eigenvalue weighted by Gasteiger charge is 2.16. The molecule has 1 aromatic carbocycles. The van der Waals surface area contributed by atoms with E-state index in [0.717, 1.165) is 0 Å². The Morgan fingerprint density at radius 1 is 1.32 bits per heavy atom. The molecule has 122 valence electrons. The summed E-state index contributed by atoms with van der Waals surface area (Å²) in [6.45, 7) is 0.768. The Hall–Kier alpha value is -2.48. The van der Waals surface area contributed by atoms with Crippen molar-refractivity contribution in [1.29, 1.82) is 0 Å². The molecule has 0 fully saturated rings. The zero-order valence-electron chi connectivity index (χ0n) is 12.2. The Labute approximate surface area is 128 Å². The molecule has 8 heteroatoms. The average molecular weight is 310 g/mol. The summed E-state index contributed by atoms with van der Waals surface area (Å²) in [6, 6.07) is 3.62. The number of aliphatic imine (C=N–C) groups is 1. The molecule has 0 radical (unpaired) electrons. The van der Waals surface area contributed by atoms with Gasteiger partial charge in [0.05, 0.1) is 0 Å². The molecule has 0 aliphatic rings. The number of carboxylic acids is 1. The molecule has 0 aliphatic carbocycles. The van der Waals surface area contributed by atoms with Crippen molar-refractivity contribution in [2.75, 3.05) is 13.1 Å².